The maximum absolute atomic E-state index is 12.3. The van der Waals surface area contributed by atoms with Gasteiger partial charge in [-0.2, -0.15) is 0 Å². The lowest BCUT2D eigenvalue weighted by Crippen LogP contribution is -2.15. The zero-order chi connectivity index (χ0) is 20.8. The SMILES string of the molecule is O=C(Cc1csc(NC(=O)c2ccco2)n1)Nc1ccc(Nc2ccccc2)cc1. The van der Waals surface area contributed by atoms with Crippen LogP contribution < -0.4 is 16.0 Å². The summed E-state index contributed by atoms with van der Waals surface area (Å²) in [6.45, 7) is 0. The zero-order valence-electron chi connectivity index (χ0n) is 15.8. The number of amides is 2. The van der Waals surface area contributed by atoms with Crippen molar-refractivity contribution in [3.05, 3.63) is 89.8 Å². The second kappa shape index (κ2) is 9.06. The number of anilines is 4. The number of rotatable bonds is 7. The molecule has 2 heterocycles. The van der Waals surface area contributed by atoms with Crippen molar-refractivity contribution in [3.8, 4) is 0 Å². The predicted molar refractivity (Wildman–Crippen MR) is 117 cm³/mol. The van der Waals surface area contributed by atoms with Crippen LogP contribution in [0, 0.1) is 0 Å². The summed E-state index contributed by atoms with van der Waals surface area (Å²) in [5.74, 6) is -0.364. The van der Waals surface area contributed by atoms with Crippen LogP contribution in [0.3, 0.4) is 0 Å². The summed E-state index contributed by atoms with van der Waals surface area (Å²) in [6, 6.07) is 20.5. The summed E-state index contributed by atoms with van der Waals surface area (Å²) in [4.78, 5) is 28.6. The number of furan rings is 1. The summed E-state index contributed by atoms with van der Waals surface area (Å²) in [7, 11) is 0. The molecular formula is C22H18N4O3S. The van der Waals surface area contributed by atoms with Crippen molar-refractivity contribution in [3.63, 3.8) is 0 Å². The number of thiazole rings is 1. The molecule has 2 aromatic carbocycles. The summed E-state index contributed by atoms with van der Waals surface area (Å²) < 4.78 is 5.04. The molecule has 4 rings (SSSR count). The molecule has 3 N–H and O–H groups in total. The van der Waals surface area contributed by atoms with Crippen LogP contribution in [-0.4, -0.2) is 16.8 Å². The number of nitrogens with one attached hydrogen (secondary N) is 3. The van der Waals surface area contributed by atoms with Crippen LogP contribution in [0.1, 0.15) is 16.2 Å². The highest BCUT2D eigenvalue weighted by Crippen LogP contribution is 2.20. The maximum atomic E-state index is 12.3. The molecule has 0 unspecified atom stereocenters. The summed E-state index contributed by atoms with van der Waals surface area (Å²) >= 11 is 1.25. The molecule has 0 spiro atoms. The number of carbonyl (C=O) groups excluding carboxylic acids is 2. The highest BCUT2D eigenvalue weighted by Gasteiger charge is 2.13. The van der Waals surface area contributed by atoms with Crippen LogP contribution in [-0.2, 0) is 11.2 Å². The molecule has 0 atom stereocenters. The number of nitrogens with zero attached hydrogens (tertiary/aromatic N) is 1. The minimum atomic E-state index is -0.380. The third kappa shape index (κ3) is 5.12. The fourth-order valence-corrected chi connectivity index (χ4v) is 3.41. The topological polar surface area (TPSA) is 96.3 Å². The number of benzene rings is 2. The molecule has 4 aromatic rings. The third-order valence-corrected chi connectivity index (χ3v) is 4.90. The van der Waals surface area contributed by atoms with E-state index in [4.69, 9.17) is 4.42 Å². The van der Waals surface area contributed by atoms with Gasteiger partial charge in [-0.25, -0.2) is 4.98 Å². The minimum absolute atomic E-state index is 0.108. The maximum Gasteiger partial charge on any atom is 0.293 e. The van der Waals surface area contributed by atoms with Gasteiger partial charge in [0.15, 0.2) is 10.9 Å². The standard InChI is InChI=1S/C22H18N4O3S/c27-20(13-18-14-30-22(25-18)26-21(28)19-7-4-12-29-19)24-17-10-8-16(9-11-17)23-15-5-2-1-3-6-15/h1-12,14,23H,13H2,(H,24,27)(H,25,26,28). The quantitative estimate of drug-likeness (QED) is 0.396. The van der Waals surface area contributed by atoms with E-state index >= 15 is 0 Å². The second-order valence-corrected chi connectivity index (χ2v) is 7.23. The Hall–Kier alpha value is -3.91. The van der Waals surface area contributed by atoms with Gasteiger partial charge >= 0.3 is 0 Å². The predicted octanol–water partition coefficient (Wildman–Crippen LogP) is 4.91. The molecule has 0 aliphatic heterocycles. The van der Waals surface area contributed by atoms with E-state index in [1.54, 1.807) is 17.5 Å². The van der Waals surface area contributed by atoms with Gasteiger partial charge in [-0.15, -0.1) is 11.3 Å². The molecule has 0 fully saturated rings. The number of para-hydroxylation sites is 1. The first-order chi connectivity index (χ1) is 14.7. The first-order valence-corrected chi connectivity index (χ1v) is 10.0. The molecule has 0 aliphatic rings. The van der Waals surface area contributed by atoms with Gasteiger partial charge in [-0.3, -0.25) is 14.9 Å². The molecule has 2 amide bonds. The lowest BCUT2D eigenvalue weighted by atomic mass is 10.2. The molecule has 0 radical (unpaired) electrons. The van der Waals surface area contributed by atoms with Crippen LogP contribution in [0.4, 0.5) is 22.2 Å². The van der Waals surface area contributed by atoms with Crippen molar-refractivity contribution in [2.45, 2.75) is 6.42 Å². The molecule has 7 nitrogen and oxygen atoms in total. The van der Waals surface area contributed by atoms with Crippen LogP contribution in [0.25, 0.3) is 0 Å². The summed E-state index contributed by atoms with van der Waals surface area (Å²) in [5.41, 5.74) is 3.19. The van der Waals surface area contributed by atoms with E-state index < -0.39 is 0 Å². The Morgan fingerprint density at radius 3 is 2.33 bits per heavy atom. The van der Waals surface area contributed by atoms with Gasteiger partial charge < -0.3 is 15.1 Å². The van der Waals surface area contributed by atoms with Crippen molar-refractivity contribution in [1.82, 2.24) is 4.98 Å². The Morgan fingerprint density at radius 1 is 0.867 bits per heavy atom. The molecule has 0 bridgehead atoms. The normalized spacial score (nSPS) is 10.4. The van der Waals surface area contributed by atoms with E-state index in [1.165, 1.54) is 17.6 Å². The van der Waals surface area contributed by atoms with Gasteiger partial charge in [0.05, 0.1) is 18.4 Å². The Bertz CT molecular complexity index is 1120. The van der Waals surface area contributed by atoms with E-state index in [0.29, 0.717) is 16.5 Å². The van der Waals surface area contributed by atoms with E-state index in [1.807, 2.05) is 54.6 Å². The number of aromatic nitrogens is 1. The van der Waals surface area contributed by atoms with Crippen LogP contribution in [0.15, 0.2) is 82.8 Å². The van der Waals surface area contributed by atoms with E-state index in [9.17, 15) is 9.59 Å². The van der Waals surface area contributed by atoms with Crippen molar-refractivity contribution < 1.29 is 14.0 Å². The molecule has 2 aromatic heterocycles. The van der Waals surface area contributed by atoms with Gasteiger partial charge in [0.1, 0.15) is 0 Å². The largest absolute Gasteiger partial charge is 0.459 e. The molecular weight excluding hydrogens is 400 g/mol. The number of hydrogen-bond donors (Lipinski definition) is 3. The minimum Gasteiger partial charge on any atom is -0.459 e. The summed E-state index contributed by atoms with van der Waals surface area (Å²) in [6.07, 6.45) is 1.54. The van der Waals surface area contributed by atoms with E-state index in [0.717, 1.165) is 11.4 Å². The Kier molecular flexibility index (Phi) is 5.86. The van der Waals surface area contributed by atoms with E-state index in [2.05, 4.69) is 20.9 Å². The second-order valence-electron chi connectivity index (χ2n) is 6.37. The van der Waals surface area contributed by atoms with Crippen LogP contribution in [0.5, 0.6) is 0 Å². The first kappa shape index (κ1) is 19.4. The molecule has 0 saturated heterocycles. The molecule has 30 heavy (non-hydrogen) atoms. The van der Waals surface area contributed by atoms with Crippen molar-refractivity contribution in [2.24, 2.45) is 0 Å². The fraction of sp³-hybridized carbons (Fsp3) is 0.0455. The van der Waals surface area contributed by atoms with Gasteiger partial charge in [0.25, 0.3) is 5.91 Å². The lowest BCUT2D eigenvalue weighted by Gasteiger charge is -2.08. The fourth-order valence-electron chi connectivity index (χ4n) is 2.71. The highest BCUT2D eigenvalue weighted by atomic mass is 32.1. The van der Waals surface area contributed by atoms with E-state index in [-0.39, 0.29) is 24.0 Å². The highest BCUT2D eigenvalue weighted by molar-refractivity contribution is 7.14. The Balaban J connectivity index is 1.29. The molecule has 0 saturated carbocycles. The van der Waals surface area contributed by atoms with Gasteiger partial charge in [0, 0.05) is 22.4 Å². The molecule has 8 heteroatoms. The van der Waals surface area contributed by atoms with Gasteiger partial charge in [0.2, 0.25) is 5.91 Å². The average molecular weight is 418 g/mol. The lowest BCUT2D eigenvalue weighted by molar-refractivity contribution is -0.115. The van der Waals surface area contributed by atoms with Crippen molar-refractivity contribution >= 4 is 45.3 Å². The third-order valence-electron chi connectivity index (χ3n) is 4.09. The Morgan fingerprint density at radius 2 is 1.60 bits per heavy atom. The van der Waals surface area contributed by atoms with Crippen LogP contribution in [0.2, 0.25) is 0 Å². The van der Waals surface area contributed by atoms with Crippen molar-refractivity contribution in [1.29, 1.82) is 0 Å². The monoisotopic (exact) mass is 418 g/mol. The number of carbonyl (C=O) groups is 2. The van der Waals surface area contributed by atoms with Crippen molar-refractivity contribution in [2.75, 3.05) is 16.0 Å². The Labute approximate surface area is 176 Å². The molecule has 150 valence electrons. The first-order valence-electron chi connectivity index (χ1n) is 9.17. The van der Waals surface area contributed by atoms with Gasteiger partial charge in [-0.1, -0.05) is 18.2 Å². The van der Waals surface area contributed by atoms with Gasteiger partial charge in [-0.05, 0) is 48.5 Å². The van der Waals surface area contributed by atoms with Crippen LogP contribution >= 0.6 is 11.3 Å². The smallest absolute Gasteiger partial charge is 0.293 e. The molecule has 0 aliphatic carbocycles. The number of hydrogen-bond acceptors (Lipinski definition) is 6. The zero-order valence-corrected chi connectivity index (χ0v) is 16.6. The average Bonchev–Trinajstić information content (AvgIpc) is 3.43. The summed E-state index contributed by atoms with van der Waals surface area (Å²) in [5, 5.41) is 10.9.